The smallest absolute Gasteiger partial charge is 0.251 e. The molecule has 0 atom stereocenters. The van der Waals surface area contributed by atoms with Gasteiger partial charge in [0.2, 0.25) is 0 Å². The van der Waals surface area contributed by atoms with E-state index in [0.29, 0.717) is 0 Å². The fraction of sp³-hybridized carbons (Fsp3) is 0.278. The minimum Gasteiger partial charge on any atom is -0.351 e. The van der Waals surface area contributed by atoms with Crippen LogP contribution in [0, 0.1) is 6.92 Å². The van der Waals surface area contributed by atoms with E-state index in [1.807, 2.05) is 37.3 Å². The summed E-state index contributed by atoms with van der Waals surface area (Å²) in [4.78, 5) is 12.2. The molecular formula is C18H19NO. The van der Waals surface area contributed by atoms with Gasteiger partial charge in [-0.3, -0.25) is 4.79 Å². The number of carbonyl (C=O) groups excluding carboxylic acids is 1. The molecule has 1 aliphatic carbocycles. The molecule has 2 heteroatoms. The lowest BCUT2D eigenvalue weighted by Crippen LogP contribution is -2.32. The van der Waals surface area contributed by atoms with Gasteiger partial charge in [0.1, 0.15) is 0 Å². The highest BCUT2D eigenvalue weighted by Gasteiger charge is 2.44. The Morgan fingerprint density at radius 2 is 1.70 bits per heavy atom. The molecule has 0 aliphatic heterocycles. The molecule has 0 bridgehead atoms. The number of nitrogens with one attached hydrogen (secondary N) is 1. The molecule has 1 aliphatic rings. The van der Waals surface area contributed by atoms with Crippen molar-refractivity contribution in [2.75, 3.05) is 6.54 Å². The third-order valence-corrected chi connectivity index (χ3v) is 4.14. The number of hydrogen-bond acceptors (Lipinski definition) is 1. The summed E-state index contributed by atoms with van der Waals surface area (Å²) in [5.74, 6) is 0.0206. The monoisotopic (exact) mass is 265 g/mol. The summed E-state index contributed by atoms with van der Waals surface area (Å²) < 4.78 is 0. The molecule has 1 fully saturated rings. The minimum atomic E-state index is 0.0206. The number of amides is 1. The van der Waals surface area contributed by atoms with E-state index in [2.05, 4.69) is 29.6 Å². The highest BCUT2D eigenvalue weighted by molar-refractivity contribution is 5.94. The van der Waals surface area contributed by atoms with Gasteiger partial charge in [-0.25, -0.2) is 0 Å². The van der Waals surface area contributed by atoms with Crippen molar-refractivity contribution >= 4 is 5.91 Å². The highest BCUT2D eigenvalue weighted by atomic mass is 16.1. The first-order valence-electron chi connectivity index (χ1n) is 7.10. The molecule has 2 aromatic carbocycles. The lowest BCUT2D eigenvalue weighted by Gasteiger charge is -2.16. The number of rotatable bonds is 4. The van der Waals surface area contributed by atoms with Crippen molar-refractivity contribution in [3.05, 3.63) is 71.3 Å². The Bertz CT molecular complexity index is 597. The van der Waals surface area contributed by atoms with E-state index in [4.69, 9.17) is 0 Å². The topological polar surface area (TPSA) is 29.1 Å². The van der Waals surface area contributed by atoms with E-state index in [9.17, 15) is 4.79 Å². The molecule has 0 unspecified atom stereocenters. The van der Waals surface area contributed by atoms with Gasteiger partial charge >= 0.3 is 0 Å². The first kappa shape index (κ1) is 12.9. The Morgan fingerprint density at radius 3 is 2.30 bits per heavy atom. The molecule has 2 aromatic rings. The van der Waals surface area contributed by atoms with E-state index in [-0.39, 0.29) is 11.3 Å². The van der Waals surface area contributed by atoms with Gasteiger partial charge in [-0.1, -0.05) is 48.0 Å². The van der Waals surface area contributed by atoms with Gasteiger partial charge in [0.05, 0.1) is 0 Å². The van der Waals surface area contributed by atoms with Crippen molar-refractivity contribution in [3.63, 3.8) is 0 Å². The van der Waals surface area contributed by atoms with E-state index in [1.54, 1.807) is 0 Å². The molecule has 102 valence electrons. The van der Waals surface area contributed by atoms with Gasteiger partial charge in [-0.05, 0) is 37.5 Å². The maximum atomic E-state index is 12.2. The molecule has 0 saturated heterocycles. The Morgan fingerprint density at radius 1 is 1.05 bits per heavy atom. The van der Waals surface area contributed by atoms with Crippen LogP contribution in [0.4, 0.5) is 0 Å². The SMILES string of the molecule is Cc1ccc(C(=O)NCC2(c3ccccc3)CC2)cc1. The summed E-state index contributed by atoms with van der Waals surface area (Å²) >= 11 is 0. The predicted octanol–water partition coefficient (Wildman–Crippen LogP) is 3.46. The molecule has 0 spiro atoms. The van der Waals surface area contributed by atoms with Gasteiger partial charge in [0.15, 0.2) is 0 Å². The lowest BCUT2D eigenvalue weighted by molar-refractivity contribution is 0.0949. The number of carbonyl (C=O) groups is 1. The van der Waals surface area contributed by atoms with Crippen molar-refractivity contribution in [2.45, 2.75) is 25.2 Å². The average Bonchev–Trinajstić information content (AvgIpc) is 3.28. The maximum absolute atomic E-state index is 12.2. The molecule has 1 N–H and O–H groups in total. The van der Waals surface area contributed by atoms with Crippen LogP contribution in [0.15, 0.2) is 54.6 Å². The lowest BCUT2D eigenvalue weighted by atomic mass is 9.96. The second kappa shape index (κ2) is 5.12. The first-order valence-corrected chi connectivity index (χ1v) is 7.10. The van der Waals surface area contributed by atoms with E-state index >= 15 is 0 Å². The molecule has 0 radical (unpaired) electrons. The Balaban J connectivity index is 1.65. The second-order valence-electron chi connectivity index (χ2n) is 5.70. The summed E-state index contributed by atoms with van der Waals surface area (Å²) in [7, 11) is 0. The largest absolute Gasteiger partial charge is 0.351 e. The van der Waals surface area contributed by atoms with Crippen LogP contribution in [0.5, 0.6) is 0 Å². The van der Waals surface area contributed by atoms with Crippen molar-refractivity contribution in [1.29, 1.82) is 0 Å². The van der Waals surface area contributed by atoms with Crippen LogP contribution in [0.1, 0.15) is 34.3 Å². The summed E-state index contributed by atoms with van der Waals surface area (Å²) in [6.45, 7) is 2.75. The van der Waals surface area contributed by atoms with Gasteiger partial charge in [-0.15, -0.1) is 0 Å². The van der Waals surface area contributed by atoms with E-state index in [0.717, 1.165) is 24.9 Å². The number of benzene rings is 2. The van der Waals surface area contributed by atoms with Crippen molar-refractivity contribution in [1.82, 2.24) is 5.32 Å². The Kier molecular flexibility index (Phi) is 3.31. The second-order valence-corrected chi connectivity index (χ2v) is 5.70. The standard InChI is InChI=1S/C18H19NO/c1-14-7-9-15(10-8-14)17(20)19-13-18(11-12-18)16-5-3-2-4-6-16/h2-10H,11-13H2,1H3,(H,19,20). The molecule has 0 heterocycles. The first-order chi connectivity index (χ1) is 9.70. The van der Waals surface area contributed by atoms with Crippen molar-refractivity contribution in [2.24, 2.45) is 0 Å². The molecule has 3 rings (SSSR count). The van der Waals surface area contributed by atoms with E-state index < -0.39 is 0 Å². The number of aryl methyl sites for hydroxylation is 1. The zero-order valence-electron chi connectivity index (χ0n) is 11.7. The van der Waals surface area contributed by atoms with Crippen LogP contribution in [-0.4, -0.2) is 12.5 Å². The molecule has 20 heavy (non-hydrogen) atoms. The molecular weight excluding hydrogens is 246 g/mol. The van der Waals surface area contributed by atoms with Crippen LogP contribution in [0.2, 0.25) is 0 Å². The zero-order valence-corrected chi connectivity index (χ0v) is 11.7. The predicted molar refractivity (Wildman–Crippen MR) is 80.9 cm³/mol. The maximum Gasteiger partial charge on any atom is 0.251 e. The van der Waals surface area contributed by atoms with Crippen LogP contribution >= 0.6 is 0 Å². The van der Waals surface area contributed by atoms with Gasteiger partial charge in [0, 0.05) is 17.5 Å². The molecule has 1 amide bonds. The Labute approximate surface area is 119 Å². The van der Waals surface area contributed by atoms with Crippen LogP contribution in [-0.2, 0) is 5.41 Å². The average molecular weight is 265 g/mol. The summed E-state index contributed by atoms with van der Waals surface area (Å²) in [5.41, 5.74) is 3.41. The summed E-state index contributed by atoms with van der Waals surface area (Å²) in [6, 6.07) is 18.2. The number of hydrogen-bond donors (Lipinski definition) is 1. The molecule has 2 nitrogen and oxygen atoms in total. The fourth-order valence-corrected chi connectivity index (χ4v) is 2.57. The molecule has 0 aromatic heterocycles. The van der Waals surface area contributed by atoms with Crippen molar-refractivity contribution in [3.8, 4) is 0 Å². The summed E-state index contributed by atoms with van der Waals surface area (Å²) in [6.07, 6.45) is 2.32. The zero-order chi connectivity index (χ0) is 14.0. The van der Waals surface area contributed by atoms with Gasteiger partial charge in [-0.2, -0.15) is 0 Å². The molecule has 1 saturated carbocycles. The Hall–Kier alpha value is -2.09. The summed E-state index contributed by atoms with van der Waals surface area (Å²) in [5, 5.41) is 3.08. The van der Waals surface area contributed by atoms with Crippen molar-refractivity contribution < 1.29 is 4.79 Å². The van der Waals surface area contributed by atoms with Gasteiger partial charge < -0.3 is 5.32 Å². The minimum absolute atomic E-state index is 0.0206. The fourth-order valence-electron chi connectivity index (χ4n) is 2.57. The third kappa shape index (κ3) is 2.60. The normalized spacial score (nSPS) is 15.7. The van der Waals surface area contributed by atoms with E-state index in [1.165, 1.54) is 11.1 Å². The van der Waals surface area contributed by atoms with Crippen LogP contribution < -0.4 is 5.32 Å². The quantitative estimate of drug-likeness (QED) is 0.901. The third-order valence-electron chi connectivity index (χ3n) is 4.14. The highest BCUT2D eigenvalue weighted by Crippen LogP contribution is 2.47. The van der Waals surface area contributed by atoms with Crippen LogP contribution in [0.3, 0.4) is 0 Å². The van der Waals surface area contributed by atoms with Crippen LogP contribution in [0.25, 0.3) is 0 Å². The van der Waals surface area contributed by atoms with Gasteiger partial charge in [0.25, 0.3) is 5.91 Å².